The Labute approximate surface area is 127 Å². The number of hydrogen-bond donors (Lipinski definition) is 1. The van der Waals surface area contributed by atoms with E-state index in [0.717, 1.165) is 11.8 Å². The van der Waals surface area contributed by atoms with E-state index in [9.17, 15) is 18.3 Å². The van der Waals surface area contributed by atoms with Crippen molar-refractivity contribution in [3.8, 4) is 0 Å². The average molecular weight is 309 g/mol. The molecule has 22 heavy (non-hydrogen) atoms. The molecule has 0 aromatic heterocycles. The topological polar surface area (TPSA) is 23.5 Å². The number of hydrogen-bond acceptors (Lipinski definition) is 2. The Bertz CT molecular complexity index is 596. The van der Waals surface area contributed by atoms with Crippen molar-refractivity contribution in [1.82, 2.24) is 0 Å². The summed E-state index contributed by atoms with van der Waals surface area (Å²) in [4.78, 5) is 1.75. The third-order valence-corrected chi connectivity index (χ3v) is 3.29. The SMILES string of the molecule is CC(O)CN(Cc1ccccc1C(F)(F)F)c1ccccc1. The molecule has 0 fully saturated rings. The van der Waals surface area contributed by atoms with Gasteiger partial charge in [-0.15, -0.1) is 0 Å². The lowest BCUT2D eigenvalue weighted by atomic mass is 10.1. The number of rotatable bonds is 5. The number of benzene rings is 2. The highest BCUT2D eigenvalue weighted by Crippen LogP contribution is 2.33. The summed E-state index contributed by atoms with van der Waals surface area (Å²) in [6.07, 6.45) is -5.03. The van der Waals surface area contributed by atoms with Crippen molar-refractivity contribution >= 4 is 5.69 Å². The number of halogens is 3. The first-order chi connectivity index (χ1) is 10.4. The van der Waals surface area contributed by atoms with E-state index in [1.54, 1.807) is 17.9 Å². The number of alkyl halides is 3. The van der Waals surface area contributed by atoms with Crippen LogP contribution >= 0.6 is 0 Å². The van der Waals surface area contributed by atoms with Gasteiger partial charge in [-0.3, -0.25) is 0 Å². The molecule has 2 rings (SSSR count). The summed E-state index contributed by atoms with van der Waals surface area (Å²) in [6, 6.07) is 14.6. The smallest absolute Gasteiger partial charge is 0.392 e. The Hall–Kier alpha value is -2.01. The Morgan fingerprint density at radius 3 is 2.18 bits per heavy atom. The summed E-state index contributed by atoms with van der Waals surface area (Å²) < 4.78 is 39.3. The molecule has 2 aromatic rings. The van der Waals surface area contributed by atoms with Crippen molar-refractivity contribution in [2.24, 2.45) is 0 Å². The van der Waals surface area contributed by atoms with E-state index in [-0.39, 0.29) is 18.7 Å². The molecule has 0 radical (unpaired) electrons. The third kappa shape index (κ3) is 4.24. The van der Waals surface area contributed by atoms with Gasteiger partial charge in [0.25, 0.3) is 0 Å². The van der Waals surface area contributed by atoms with Gasteiger partial charge < -0.3 is 10.0 Å². The largest absolute Gasteiger partial charge is 0.416 e. The zero-order valence-electron chi connectivity index (χ0n) is 12.2. The Morgan fingerprint density at radius 1 is 1.00 bits per heavy atom. The van der Waals surface area contributed by atoms with Crippen LogP contribution in [0.3, 0.4) is 0 Å². The fraction of sp³-hybridized carbons (Fsp3) is 0.294. The van der Waals surface area contributed by atoms with Gasteiger partial charge in [0.2, 0.25) is 0 Å². The third-order valence-electron chi connectivity index (χ3n) is 3.29. The van der Waals surface area contributed by atoms with Gasteiger partial charge in [0, 0.05) is 18.8 Å². The molecule has 0 amide bonds. The second-order valence-corrected chi connectivity index (χ2v) is 5.22. The highest BCUT2D eigenvalue weighted by molar-refractivity contribution is 5.47. The second kappa shape index (κ2) is 6.83. The van der Waals surface area contributed by atoms with Crippen LogP contribution in [-0.2, 0) is 12.7 Å². The molecular weight excluding hydrogens is 291 g/mol. The molecule has 0 bridgehead atoms. The molecule has 1 unspecified atom stereocenters. The van der Waals surface area contributed by atoms with Crippen LogP contribution in [0.4, 0.5) is 18.9 Å². The van der Waals surface area contributed by atoms with Gasteiger partial charge in [-0.2, -0.15) is 13.2 Å². The fourth-order valence-electron chi connectivity index (χ4n) is 2.36. The molecular formula is C17H18F3NO. The van der Waals surface area contributed by atoms with Crippen molar-refractivity contribution in [1.29, 1.82) is 0 Å². The molecule has 0 heterocycles. The van der Waals surface area contributed by atoms with Gasteiger partial charge in [-0.1, -0.05) is 36.4 Å². The maximum absolute atomic E-state index is 13.1. The van der Waals surface area contributed by atoms with E-state index in [0.29, 0.717) is 0 Å². The molecule has 5 heteroatoms. The quantitative estimate of drug-likeness (QED) is 0.899. The van der Waals surface area contributed by atoms with E-state index < -0.39 is 17.8 Å². The maximum Gasteiger partial charge on any atom is 0.416 e. The molecule has 0 aliphatic carbocycles. The summed E-state index contributed by atoms with van der Waals surface area (Å²) in [6.45, 7) is 1.96. The van der Waals surface area contributed by atoms with Gasteiger partial charge in [-0.25, -0.2) is 0 Å². The van der Waals surface area contributed by atoms with Gasteiger partial charge in [0.1, 0.15) is 0 Å². The van der Waals surface area contributed by atoms with Gasteiger partial charge in [0.15, 0.2) is 0 Å². The molecule has 118 valence electrons. The molecule has 0 saturated carbocycles. The summed E-state index contributed by atoms with van der Waals surface area (Å²) in [7, 11) is 0. The van der Waals surface area contributed by atoms with Crippen molar-refractivity contribution in [3.63, 3.8) is 0 Å². The van der Waals surface area contributed by atoms with Crippen molar-refractivity contribution in [3.05, 3.63) is 65.7 Å². The molecule has 0 aliphatic rings. The minimum Gasteiger partial charge on any atom is -0.392 e. The van der Waals surface area contributed by atoms with Crippen LogP contribution in [0.15, 0.2) is 54.6 Å². The number of aliphatic hydroxyl groups is 1. The predicted octanol–water partition coefficient (Wildman–Crippen LogP) is 4.09. The molecule has 2 aromatic carbocycles. The summed E-state index contributed by atoms with van der Waals surface area (Å²) in [5, 5.41) is 9.63. The van der Waals surface area contributed by atoms with E-state index >= 15 is 0 Å². The average Bonchev–Trinajstić information content (AvgIpc) is 2.46. The van der Waals surface area contributed by atoms with Crippen LogP contribution in [0, 0.1) is 0 Å². The zero-order valence-corrected chi connectivity index (χ0v) is 12.2. The van der Waals surface area contributed by atoms with Gasteiger partial charge in [0.05, 0.1) is 11.7 Å². The lowest BCUT2D eigenvalue weighted by Crippen LogP contribution is -2.31. The lowest BCUT2D eigenvalue weighted by Gasteiger charge is -2.27. The molecule has 2 nitrogen and oxygen atoms in total. The van der Waals surface area contributed by atoms with E-state index in [2.05, 4.69) is 0 Å². The van der Waals surface area contributed by atoms with Crippen LogP contribution in [0.1, 0.15) is 18.1 Å². The Morgan fingerprint density at radius 2 is 1.59 bits per heavy atom. The second-order valence-electron chi connectivity index (χ2n) is 5.22. The van der Waals surface area contributed by atoms with E-state index in [1.807, 2.05) is 30.3 Å². The van der Waals surface area contributed by atoms with Crippen LogP contribution in [0.25, 0.3) is 0 Å². The van der Waals surface area contributed by atoms with Crippen molar-refractivity contribution in [2.45, 2.75) is 25.7 Å². The predicted molar refractivity (Wildman–Crippen MR) is 80.6 cm³/mol. The first-order valence-corrected chi connectivity index (χ1v) is 7.01. The van der Waals surface area contributed by atoms with Crippen molar-refractivity contribution in [2.75, 3.05) is 11.4 Å². The summed E-state index contributed by atoms with van der Waals surface area (Å²) in [5.41, 5.74) is 0.335. The van der Waals surface area contributed by atoms with Crippen LogP contribution in [0.5, 0.6) is 0 Å². The van der Waals surface area contributed by atoms with E-state index in [1.165, 1.54) is 12.1 Å². The minimum absolute atomic E-state index is 0.0879. The van der Waals surface area contributed by atoms with Crippen LogP contribution < -0.4 is 4.90 Å². The lowest BCUT2D eigenvalue weighted by molar-refractivity contribution is -0.138. The normalized spacial score (nSPS) is 13.0. The van der Waals surface area contributed by atoms with Crippen LogP contribution in [-0.4, -0.2) is 17.8 Å². The number of para-hydroxylation sites is 1. The molecule has 1 N–H and O–H groups in total. The number of anilines is 1. The maximum atomic E-state index is 13.1. The van der Waals surface area contributed by atoms with Crippen molar-refractivity contribution < 1.29 is 18.3 Å². The molecule has 1 atom stereocenters. The Kier molecular flexibility index (Phi) is 5.08. The standard InChI is InChI=1S/C17H18F3NO/c1-13(22)11-21(15-8-3-2-4-9-15)12-14-7-5-6-10-16(14)17(18,19)20/h2-10,13,22H,11-12H2,1H3. The highest BCUT2D eigenvalue weighted by atomic mass is 19.4. The summed E-state index contributed by atoms with van der Waals surface area (Å²) >= 11 is 0. The first-order valence-electron chi connectivity index (χ1n) is 7.01. The molecule has 0 spiro atoms. The summed E-state index contributed by atoms with van der Waals surface area (Å²) in [5.74, 6) is 0. The zero-order chi connectivity index (χ0) is 16.2. The van der Waals surface area contributed by atoms with E-state index in [4.69, 9.17) is 0 Å². The molecule has 0 saturated heterocycles. The number of nitrogens with zero attached hydrogens (tertiary/aromatic N) is 1. The Balaban J connectivity index is 2.32. The molecule has 0 aliphatic heterocycles. The highest BCUT2D eigenvalue weighted by Gasteiger charge is 2.33. The minimum atomic E-state index is -4.39. The monoisotopic (exact) mass is 309 g/mol. The fourth-order valence-corrected chi connectivity index (χ4v) is 2.36. The van der Waals surface area contributed by atoms with Crippen LogP contribution in [0.2, 0.25) is 0 Å². The number of aliphatic hydroxyl groups excluding tert-OH is 1. The first kappa shape index (κ1) is 16.4. The van der Waals surface area contributed by atoms with Gasteiger partial charge >= 0.3 is 6.18 Å². The van der Waals surface area contributed by atoms with Gasteiger partial charge in [-0.05, 0) is 30.7 Å².